The first-order valence-corrected chi connectivity index (χ1v) is 17.2. The second kappa shape index (κ2) is 12.4. The van der Waals surface area contributed by atoms with Gasteiger partial charge in [0, 0.05) is 57.4 Å². The highest BCUT2D eigenvalue weighted by Crippen LogP contribution is 2.50. The minimum absolute atomic E-state index is 0.153. The van der Waals surface area contributed by atoms with Crippen molar-refractivity contribution in [3.63, 3.8) is 0 Å². The summed E-state index contributed by atoms with van der Waals surface area (Å²) in [4.78, 5) is 24.2. The molecule has 0 bridgehead atoms. The highest BCUT2D eigenvalue weighted by molar-refractivity contribution is 5.86. The highest BCUT2D eigenvalue weighted by atomic mass is 15.0. The minimum Gasteiger partial charge on any atom is -0.264 e. The van der Waals surface area contributed by atoms with Gasteiger partial charge in [0.25, 0.3) is 0 Å². The van der Waals surface area contributed by atoms with Crippen molar-refractivity contribution in [2.75, 3.05) is 0 Å². The molecule has 8 aromatic rings. The van der Waals surface area contributed by atoms with Gasteiger partial charge in [0.1, 0.15) is 0 Å². The summed E-state index contributed by atoms with van der Waals surface area (Å²) in [6.45, 7) is 4.59. The molecule has 0 amide bonds. The molecule has 0 atom stereocenters. The zero-order valence-corrected chi connectivity index (χ0v) is 28.3. The molecular weight excluding hydrogens is 623 g/mol. The third-order valence-corrected chi connectivity index (χ3v) is 9.91. The molecule has 0 unspecified atom stereocenters. The summed E-state index contributed by atoms with van der Waals surface area (Å²) in [5, 5.41) is 0. The fourth-order valence-electron chi connectivity index (χ4n) is 7.13. The number of aromatic nitrogens is 5. The van der Waals surface area contributed by atoms with Crippen molar-refractivity contribution in [2.45, 2.75) is 19.3 Å². The van der Waals surface area contributed by atoms with Crippen molar-refractivity contribution in [3.05, 3.63) is 175 Å². The Morgan fingerprint density at radius 3 is 1.47 bits per heavy atom. The number of hydrogen-bond donors (Lipinski definition) is 0. The fourth-order valence-corrected chi connectivity index (χ4v) is 7.13. The maximum Gasteiger partial charge on any atom is 0.164 e. The highest BCUT2D eigenvalue weighted by Gasteiger charge is 2.36. The van der Waals surface area contributed by atoms with E-state index in [1.54, 1.807) is 6.20 Å². The summed E-state index contributed by atoms with van der Waals surface area (Å²) in [7, 11) is 0. The van der Waals surface area contributed by atoms with Crippen LogP contribution < -0.4 is 0 Å². The van der Waals surface area contributed by atoms with Gasteiger partial charge in [0.2, 0.25) is 0 Å². The molecule has 0 N–H and O–H groups in total. The molecule has 3 heterocycles. The Morgan fingerprint density at radius 2 is 0.863 bits per heavy atom. The van der Waals surface area contributed by atoms with E-state index in [1.807, 2.05) is 54.9 Å². The van der Waals surface area contributed by atoms with Crippen LogP contribution in [0.4, 0.5) is 0 Å². The number of nitrogens with zero attached hydrogens (tertiary/aromatic N) is 5. The van der Waals surface area contributed by atoms with Crippen LogP contribution in [-0.2, 0) is 5.41 Å². The van der Waals surface area contributed by atoms with E-state index in [4.69, 9.17) is 19.9 Å². The summed E-state index contributed by atoms with van der Waals surface area (Å²) in [5.41, 5.74) is 14.1. The van der Waals surface area contributed by atoms with E-state index in [9.17, 15) is 0 Å². The minimum atomic E-state index is -0.153. The molecule has 0 fully saturated rings. The van der Waals surface area contributed by atoms with Gasteiger partial charge < -0.3 is 0 Å². The Hall–Kier alpha value is -6.59. The molecule has 0 radical (unpaired) electrons. The van der Waals surface area contributed by atoms with E-state index in [2.05, 4.69) is 122 Å². The molecule has 0 saturated carbocycles. The Bertz CT molecular complexity index is 2510. The number of hydrogen-bond acceptors (Lipinski definition) is 5. The predicted molar refractivity (Wildman–Crippen MR) is 206 cm³/mol. The molecule has 5 aromatic carbocycles. The van der Waals surface area contributed by atoms with Gasteiger partial charge in [-0.1, -0.05) is 135 Å². The van der Waals surface area contributed by atoms with Crippen LogP contribution in [0.5, 0.6) is 0 Å². The fraction of sp³-hybridized carbons (Fsp3) is 0.0652. The average Bonchev–Trinajstić information content (AvgIpc) is 3.43. The van der Waals surface area contributed by atoms with Crippen molar-refractivity contribution < 1.29 is 0 Å². The zero-order valence-electron chi connectivity index (χ0n) is 28.3. The monoisotopic (exact) mass is 655 g/mol. The van der Waals surface area contributed by atoms with Gasteiger partial charge in [-0.25, -0.2) is 15.0 Å². The molecule has 1 aliphatic carbocycles. The molecule has 5 nitrogen and oxygen atoms in total. The summed E-state index contributed by atoms with van der Waals surface area (Å²) in [6, 6.07) is 50.5. The Kier molecular flexibility index (Phi) is 7.40. The first kappa shape index (κ1) is 30.5. The van der Waals surface area contributed by atoms with Crippen molar-refractivity contribution >= 4 is 0 Å². The Balaban J connectivity index is 1.12. The first-order chi connectivity index (χ1) is 25.0. The van der Waals surface area contributed by atoms with Gasteiger partial charge in [0.15, 0.2) is 17.5 Å². The van der Waals surface area contributed by atoms with Crippen molar-refractivity contribution in [1.82, 2.24) is 24.9 Å². The molecule has 5 heteroatoms. The number of fused-ring (bicyclic) bond motifs is 3. The van der Waals surface area contributed by atoms with Gasteiger partial charge in [-0.2, -0.15) is 0 Å². The second-order valence-electron chi connectivity index (χ2n) is 13.4. The van der Waals surface area contributed by atoms with Crippen LogP contribution in [0.15, 0.2) is 164 Å². The summed E-state index contributed by atoms with van der Waals surface area (Å²) in [6.07, 6.45) is 5.57. The maximum absolute atomic E-state index is 5.08. The molecular formula is C46H33N5. The SMILES string of the molecule is CC1(C)c2ccc(-c3ccc(-c4cccnc4)cn3)cc2-c2cc(-c3nc(-c4ccccc4)nc(-c4ccc(-c5ccccc5)cc4)n3)ccc21. The molecule has 3 aromatic heterocycles. The van der Waals surface area contributed by atoms with Crippen LogP contribution >= 0.6 is 0 Å². The topological polar surface area (TPSA) is 64.5 Å². The van der Waals surface area contributed by atoms with E-state index in [0.717, 1.165) is 44.6 Å². The Labute approximate surface area is 297 Å². The first-order valence-electron chi connectivity index (χ1n) is 17.2. The van der Waals surface area contributed by atoms with Gasteiger partial charge in [-0.3, -0.25) is 9.97 Å². The third kappa shape index (κ3) is 5.59. The average molecular weight is 656 g/mol. The van der Waals surface area contributed by atoms with Gasteiger partial charge in [-0.15, -0.1) is 0 Å². The van der Waals surface area contributed by atoms with Gasteiger partial charge in [-0.05, 0) is 57.6 Å². The number of pyridine rings is 2. The molecule has 51 heavy (non-hydrogen) atoms. The van der Waals surface area contributed by atoms with Gasteiger partial charge >= 0.3 is 0 Å². The molecule has 0 saturated heterocycles. The lowest BCUT2D eigenvalue weighted by Crippen LogP contribution is -2.14. The van der Waals surface area contributed by atoms with Crippen molar-refractivity contribution in [3.8, 4) is 78.8 Å². The van der Waals surface area contributed by atoms with E-state index in [0.29, 0.717) is 17.5 Å². The molecule has 1 aliphatic rings. The van der Waals surface area contributed by atoms with E-state index >= 15 is 0 Å². The van der Waals surface area contributed by atoms with Crippen LogP contribution in [0.2, 0.25) is 0 Å². The van der Waals surface area contributed by atoms with Crippen LogP contribution in [0, 0.1) is 0 Å². The predicted octanol–water partition coefficient (Wildman–Crippen LogP) is 11.0. The Morgan fingerprint density at radius 1 is 0.392 bits per heavy atom. The molecule has 0 aliphatic heterocycles. The number of rotatable bonds is 6. The smallest absolute Gasteiger partial charge is 0.164 e. The standard InChI is InChI=1S/C46H33N5/c1-46(2)40-22-19-34(42-24-21-37(29-48-42)36-14-9-25-47-28-36)26-38(40)39-27-35(20-23-41(39)46)45-50-43(32-12-7-4-8-13-32)49-44(51-45)33-17-15-31(16-18-33)30-10-5-3-6-11-30/h3-29H,1-2H3. The largest absolute Gasteiger partial charge is 0.264 e. The molecule has 9 rings (SSSR count). The molecule has 242 valence electrons. The zero-order chi connectivity index (χ0) is 34.4. The molecule has 0 spiro atoms. The quantitative estimate of drug-likeness (QED) is 0.178. The third-order valence-electron chi connectivity index (χ3n) is 9.91. The lowest BCUT2D eigenvalue weighted by atomic mass is 9.82. The van der Waals surface area contributed by atoms with Crippen LogP contribution in [0.25, 0.3) is 78.8 Å². The summed E-state index contributed by atoms with van der Waals surface area (Å²) < 4.78 is 0. The summed E-state index contributed by atoms with van der Waals surface area (Å²) in [5.74, 6) is 1.93. The van der Waals surface area contributed by atoms with Crippen LogP contribution in [0.1, 0.15) is 25.0 Å². The van der Waals surface area contributed by atoms with E-state index in [-0.39, 0.29) is 5.41 Å². The van der Waals surface area contributed by atoms with Crippen LogP contribution in [-0.4, -0.2) is 24.9 Å². The second-order valence-corrected chi connectivity index (χ2v) is 13.4. The normalized spacial score (nSPS) is 12.7. The van der Waals surface area contributed by atoms with Crippen LogP contribution in [0.3, 0.4) is 0 Å². The summed E-state index contributed by atoms with van der Waals surface area (Å²) >= 11 is 0. The van der Waals surface area contributed by atoms with E-state index in [1.165, 1.54) is 27.8 Å². The number of benzene rings is 5. The van der Waals surface area contributed by atoms with Gasteiger partial charge in [0.05, 0.1) is 5.69 Å². The lowest BCUT2D eigenvalue weighted by molar-refractivity contribution is 0.660. The van der Waals surface area contributed by atoms with Crippen molar-refractivity contribution in [2.24, 2.45) is 0 Å². The van der Waals surface area contributed by atoms with Crippen molar-refractivity contribution in [1.29, 1.82) is 0 Å². The lowest BCUT2D eigenvalue weighted by Gasteiger charge is -2.21. The van der Waals surface area contributed by atoms with E-state index < -0.39 is 0 Å². The maximum atomic E-state index is 5.08.